The maximum absolute atomic E-state index is 12.4. The molecule has 0 saturated carbocycles. The normalized spacial score (nSPS) is 24.5. The van der Waals surface area contributed by atoms with Crippen LogP contribution in [-0.4, -0.2) is 36.9 Å². The van der Waals surface area contributed by atoms with Gasteiger partial charge in [0.05, 0.1) is 10.3 Å². The Morgan fingerprint density at radius 3 is 2.68 bits per heavy atom. The average molecular weight is 348 g/mol. The number of nitrogens with zero attached hydrogens (tertiary/aromatic N) is 1. The summed E-state index contributed by atoms with van der Waals surface area (Å²) in [6.45, 7) is 1.82. The van der Waals surface area contributed by atoms with E-state index in [1.54, 1.807) is 19.1 Å². The van der Waals surface area contributed by atoms with Crippen molar-refractivity contribution in [3.63, 3.8) is 0 Å². The quantitative estimate of drug-likeness (QED) is 0.906. The van der Waals surface area contributed by atoms with E-state index in [0.29, 0.717) is 10.9 Å². The van der Waals surface area contributed by atoms with Gasteiger partial charge in [0, 0.05) is 17.6 Å². The molecule has 1 saturated heterocycles. The van der Waals surface area contributed by atoms with E-state index in [0.717, 1.165) is 0 Å². The number of hydrogen-bond acceptors (Lipinski definition) is 3. The number of carbonyl (C=O) groups is 1. The van der Waals surface area contributed by atoms with Crippen molar-refractivity contribution < 1.29 is 18.3 Å². The van der Waals surface area contributed by atoms with Gasteiger partial charge in [-0.15, -0.1) is 0 Å². The van der Waals surface area contributed by atoms with Crippen molar-refractivity contribution in [1.82, 2.24) is 4.31 Å². The van der Waals surface area contributed by atoms with E-state index in [1.807, 2.05) is 0 Å². The lowest BCUT2D eigenvalue weighted by Crippen LogP contribution is -2.34. The van der Waals surface area contributed by atoms with Gasteiger partial charge in [0.15, 0.2) is 0 Å². The number of hydrogen-bond donors (Lipinski definition) is 1. The zero-order chi connectivity index (χ0) is 14.3. The van der Waals surface area contributed by atoms with Crippen molar-refractivity contribution in [3.8, 4) is 0 Å². The molecule has 0 bridgehead atoms. The number of benzene rings is 1. The molecule has 0 aromatic heterocycles. The van der Waals surface area contributed by atoms with Crippen molar-refractivity contribution >= 4 is 31.9 Å². The Bertz CT molecular complexity index is 616. The van der Waals surface area contributed by atoms with E-state index in [-0.39, 0.29) is 18.0 Å². The summed E-state index contributed by atoms with van der Waals surface area (Å²) in [4.78, 5) is 11.3. The van der Waals surface area contributed by atoms with Crippen LogP contribution in [0.25, 0.3) is 0 Å². The van der Waals surface area contributed by atoms with E-state index < -0.39 is 21.4 Å². The second kappa shape index (κ2) is 4.88. The molecular weight excluding hydrogens is 334 g/mol. The molecule has 19 heavy (non-hydrogen) atoms. The Kier molecular flexibility index (Phi) is 3.72. The number of sulfonamides is 1. The van der Waals surface area contributed by atoms with Crippen molar-refractivity contribution in [3.05, 3.63) is 28.7 Å². The van der Waals surface area contributed by atoms with Crippen molar-refractivity contribution in [2.45, 2.75) is 18.2 Å². The summed E-state index contributed by atoms with van der Waals surface area (Å²) in [7, 11) is -3.63. The first-order valence-electron chi connectivity index (χ1n) is 5.75. The molecule has 0 aliphatic carbocycles. The maximum Gasteiger partial charge on any atom is 0.310 e. The number of carboxylic acid groups (broad SMARTS) is 1. The Morgan fingerprint density at radius 1 is 1.47 bits per heavy atom. The first-order valence-corrected chi connectivity index (χ1v) is 7.98. The van der Waals surface area contributed by atoms with E-state index in [4.69, 9.17) is 5.11 Å². The molecular formula is C12H14BrNO4S. The third-order valence-electron chi connectivity index (χ3n) is 3.39. The summed E-state index contributed by atoms with van der Waals surface area (Å²) in [6.07, 6.45) is 0.329. The Labute approximate surface area is 120 Å². The Morgan fingerprint density at radius 2 is 2.16 bits per heavy atom. The molecule has 1 heterocycles. The van der Waals surface area contributed by atoms with Gasteiger partial charge in [-0.2, -0.15) is 4.31 Å². The molecule has 1 aromatic rings. The fourth-order valence-corrected chi connectivity index (χ4v) is 4.24. The Balaban J connectivity index is 2.31. The van der Waals surface area contributed by atoms with Gasteiger partial charge in [0.1, 0.15) is 0 Å². The largest absolute Gasteiger partial charge is 0.481 e. The molecule has 1 aromatic carbocycles. The molecule has 1 fully saturated rings. The molecule has 1 atom stereocenters. The highest BCUT2D eigenvalue weighted by atomic mass is 79.9. The molecule has 2 rings (SSSR count). The minimum atomic E-state index is -3.63. The number of rotatable bonds is 3. The molecule has 1 aliphatic heterocycles. The van der Waals surface area contributed by atoms with E-state index in [2.05, 4.69) is 15.9 Å². The van der Waals surface area contributed by atoms with Crippen LogP contribution in [0.5, 0.6) is 0 Å². The van der Waals surface area contributed by atoms with Crippen LogP contribution >= 0.6 is 15.9 Å². The third kappa shape index (κ3) is 2.68. The number of carboxylic acids is 1. The summed E-state index contributed by atoms with van der Waals surface area (Å²) < 4.78 is 26.7. The first kappa shape index (κ1) is 14.5. The van der Waals surface area contributed by atoms with Gasteiger partial charge >= 0.3 is 5.97 Å². The monoisotopic (exact) mass is 347 g/mol. The molecule has 1 N–H and O–H groups in total. The van der Waals surface area contributed by atoms with Gasteiger partial charge < -0.3 is 5.11 Å². The van der Waals surface area contributed by atoms with Gasteiger partial charge in [-0.3, -0.25) is 4.79 Å². The second-order valence-electron chi connectivity index (χ2n) is 4.91. The molecule has 5 nitrogen and oxygen atoms in total. The van der Waals surface area contributed by atoms with Gasteiger partial charge in [-0.05, 0) is 31.5 Å². The molecule has 0 radical (unpaired) electrons. The number of halogens is 1. The van der Waals surface area contributed by atoms with Gasteiger partial charge in [-0.1, -0.05) is 22.0 Å². The molecule has 104 valence electrons. The maximum atomic E-state index is 12.4. The summed E-state index contributed by atoms with van der Waals surface area (Å²) in [6, 6.07) is 6.41. The van der Waals surface area contributed by atoms with Gasteiger partial charge in [0.25, 0.3) is 0 Å². The van der Waals surface area contributed by atoms with Gasteiger partial charge in [-0.25, -0.2) is 8.42 Å². The SMILES string of the molecule is CC1(C(=O)O)CCN(S(=O)(=O)c2cccc(Br)c2)C1. The highest BCUT2D eigenvalue weighted by molar-refractivity contribution is 9.10. The lowest BCUT2D eigenvalue weighted by molar-refractivity contribution is -0.146. The van der Waals surface area contributed by atoms with Gasteiger partial charge in [0.2, 0.25) is 10.0 Å². The standard InChI is InChI=1S/C12H14BrNO4S/c1-12(11(15)16)5-6-14(8-12)19(17,18)10-4-2-3-9(13)7-10/h2-4,7H,5-6,8H2,1H3,(H,15,16). The van der Waals surface area contributed by atoms with Crippen molar-refractivity contribution in [1.29, 1.82) is 0 Å². The summed E-state index contributed by atoms with van der Waals surface area (Å²) >= 11 is 3.23. The smallest absolute Gasteiger partial charge is 0.310 e. The zero-order valence-corrected chi connectivity index (χ0v) is 12.7. The summed E-state index contributed by atoms with van der Waals surface area (Å²) in [5.74, 6) is -0.959. The highest BCUT2D eigenvalue weighted by Crippen LogP contribution is 2.34. The summed E-state index contributed by atoms with van der Waals surface area (Å²) in [5.41, 5.74) is -1.00. The van der Waals surface area contributed by atoms with Crippen LogP contribution < -0.4 is 0 Å². The van der Waals surface area contributed by atoms with E-state index in [9.17, 15) is 13.2 Å². The molecule has 0 amide bonds. The zero-order valence-electron chi connectivity index (χ0n) is 10.3. The molecule has 1 aliphatic rings. The fraction of sp³-hybridized carbons (Fsp3) is 0.417. The van der Waals surface area contributed by atoms with Crippen LogP contribution in [-0.2, 0) is 14.8 Å². The number of aliphatic carboxylic acids is 1. The topological polar surface area (TPSA) is 74.7 Å². The van der Waals surface area contributed by atoms with Crippen LogP contribution in [0.3, 0.4) is 0 Å². The minimum absolute atomic E-state index is 0.0111. The predicted octanol–water partition coefficient (Wildman–Crippen LogP) is 1.93. The highest BCUT2D eigenvalue weighted by Gasteiger charge is 2.44. The van der Waals surface area contributed by atoms with Crippen molar-refractivity contribution in [2.75, 3.05) is 13.1 Å². The molecule has 1 unspecified atom stereocenters. The van der Waals surface area contributed by atoms with Crippen molar-refractivity contribution in [2.24, 2.45) is 5.41 Å². The van der Waals surface area contributed by atoms with Crippen LogP contribution in [0.15, 0.2) is 33.6 Å². The van der Waals surface area contributed by atoms with Crippen LogP contribution in [0.2, 0.25) is 0 Å². The molecule has 7 heteroatoms. The van der Waals surface area contributed by atoms with E-state index >= 15 is 0 Å². The lowest BCUT2D eigenvalue weighted by atomic mass is 9.90. The van der Waals surface area contributed by atoms with Crippen LogP contribution in [0, 0.1) is 5.41 Å². The van der Waals surface area contributed by atoms with Crippen LogP contribution in [0.4, 0.5) is 0 Å². The molecule has 0 spiro atoms. The van der Waals surface area contributed by atoms with E-state index in [1.165, 1.54) is 16.4 Å². The average Bonchev–Trinajstić information content (AvgIpc) is 2.74. The predicted molar refractivity (Wildman–Crippen MR) is 73.3 cm³/mol. The Hall–Kier alpha value is -0.920. The minimum Gasteiger partial charge on any atom is -0.481 e. The second-order valence-corrected chi connectivity index (χ2v) is 7.77. The van der Waals surface area contributed by atoms with Crippen LogP contribution in [0.1, 0.15) is 13.3 Å². The summed E-state index contributed by atoms with van der Waals surface area (Å²) in [5, 5.41) is 9.14. The fourth-order valence-electron chi connectivity index (χ4n) is 2.08. The lowest BCUT2D eigenvalue weighted by Gasteiger charge is -2.20. The third-order valence-corrected chi connectivity index (χ3v) is 5.72. The first-order chi connectivity index (χ1) is 8.75.